The smallest absolute Gasteiger partial charge is 0.223 e. The second-order valence-electron chi connectivity index (χ2n) is 6.98. The van der Waals surface area contributed by atoms with E-state index in [0.717, 1.165) is 49.8 Å². The highest BCUT2D eigenvalue weighted by molar-refractivity contribution is 6.30. The van der Waals surface area contributed by atoms with E-state index in [9.17, 15) is 4.79 Å². The van der Waals surface area contributed by atoms with Crippen molar-refractivity contribution in [1.29, 1.82) is 0 Å². The number of nitrogens with one attached hydrogen (secondary N) is 3. The van der Waals surface area contributed by atoms with Gasteiger partial charge >= 0.3 is 0 Å². The molecular formula is C19H27ClN4O. The van der Waals surface area contributed by atoms with E-state index in [0.29, 0.717) is 13.1 Å². The largest absolute Gasteiger partial charge is 0.357 e. The van der Waals surface area contributed by atoms with E-state index in [4.69, 9.17) is 16.6 Å². The molecule has 3 N–H and O–H groups in total. The normalized spacial score (nSPS) is 18.6. The molecule has 6 heteroatoms. The molecule has 2 saturated carbocycles. The quantitative estimate of drug-likeness (QED) is 0.378. The molecule has 1 aromatic rings. The van der Waals surface area contributed by atoms with Crippen LogP contribution < -0.4 is 16.0 Å². The molecule has 0 heterocycles. The van der Waals surface area contributed by atoms with Crippen molar-refractivity contribution in [3.8, 4) is 0 Å². The van der Waals surface area contributed by atoms with Gasteiger partial charge in [0.05, 0.1) is 6.54 Å². The highest BCUT2D eigenvalue weighted by Gasteiger charge is 2.44. The predicted octanol–water partition coefficient (Wildman–Crippen LogP) is 2.45. The zero-order valence-electron chi connectivity index (χ0n) is 14.8. The van der Waals surface area contributed by atoms with Crippen LogP contribution in [0.4, 0.5) is 0 Å². The Morgan fingerprint density at radius 1 is 1.24 bits per heavy atom. The number of guanidine groups is 1. The van der Waals surface area contributed by atoms with Gasteiger partial charge in [0.15, 0.2) is 5.96 Å². The van der Waals surface area contributed by atoms with Gasteiger partial charge in [0.25, 0.3) is 0 Å². The topological polar surface area (TPSA) is 65.5 Å². The molecule has 5 nitrogen and oxygen atoms in total. The van der Waals surface area contributed by atoms with Gasteiger partial charge in [-0.05, 0) is 50.3 Å². The van der Waals surface area contributed by atoms with Crippen molar-refractivity contribution in [2.75, 3.05) is 26.2 Å². The Morgan fingerprint density at radius 3 is 2.64 bits per heavy atom. The molecule has 25 heavy (non-hydrogen) atoms. The molecule has 2 aliphatic carbocycles. The van der Waals surface area contributed by atoms with Gasteiger partial charge in [0.2, 0.25) is 5.91 Å². The highest BCUT2D eigenvalue weighted by Crippen LogP contribution is 2.48. The van der Waals surface area contributed by atoms with Crippen LogP contribution in [0.5, 0.6) is 0 Å². The summed E-state index contributed by atoms with van der Waals surface area (Å²) in [5, 5.41) is 10.3. The molecule has 1 aromatic carbocycles. The first-order valence-corrected chi connectivity index (χ1v) is 9.57. The Labute approximate surface area is 154 Å². The van der Waals surface area contributed by atoms with Crippen LogP contribution in [-0.4, -0.2) is 38.0 Å². The number of nitrogens with zero attached hydrogens (tertiary/aromatic N) is 1. The van der Waals surface area contributed by atoms with E-state index in [-0.39, 0.29) is 17.2 Å². The lowest BCUT2D eigenvalue weighted by atomic mass is 9.96. The van der Waals surface area contributed by atoms with Crippen LogP contribution in [0.1, 0.15) is 38.2 Å². The maximum Gasteiger partial charge on any atom is 0.223 e. The molecule has 0 aromatic heterocycles. The minimum absolute atomic E-state index is 0.132. The number of carbonyl (C=O) groups excluding carboxylic acids is 1. The summed E-state index contributed by atoms with van der Waals surface area (Å²) in [7, 11) is 0. The minimum Gasteiger partial charge on any atom is -0.357 e. The Hall–Kier alpha value is -1.75. The monoisotopic (exact) mass is 362 g/mol. The third-order valence-electron chi connectivity index (χ3n) is 4.84. The zero-order valence-corrected chi connectivity index (χ0v) is 15.5. The van der Waals surface area contributed by atoms with Gasteiger partial charge in [-0.2, -0.15) is 0 Å². The summed E-state index contributed by atoms with van der Waals surface area (Å²) in [6, 6.07) is 8.11. The number of halogens is 1. The Balaban J connectivity index is 1.50. The van der Waals surface area contributed by atoms with Gasteiger partial charge in [-0.15, -0.1) is 0 Å². The Kier molecular flexibility index (Phi) is 5.84. The number of hydrogen-bond donors (Lipinski definition) is 3. The van der Waals surface area contributed by atoms with Crippen LogP contribution in [0.25, 0.3) is 0 Å². The van der Waals surface area contributed by atoms with E-state index in [1.54, 1.807) is 0 Å². The van der Waals surface area contributed by atoms with Crippen LogP contribution in [0, 0.1) is 5.92 Å². The Bertz CT molecular complexity index is 638. The number of hydrogen-bond acceptors (Lipinski definition) is 2. The summed E-state index contributed by atoms with van der Waals surface area (Å²) < 4.78 is 0. The summed E-state index contributed by atoms with van der Waals surface area (Å²) in [6.07, 6.45) is 4.37. The van der Waals surface area contributed by atoms with Gasteiger partial charge in [-0.25, -0.2) is 0 Å². The molecule has 0 unspecified atom stereocenters. The maximum atomic E-state index is 11.6. The third-order valence-corrected chi connectivity index (χ3v) is 5.07. The van der Waals surface area contributed by atoms with E-state index >= 15 is 0 Å². The molecule has 0 spiro atoms. The summed E-state index contributed by atoms with van der Waals surface area (Å²) >= 11 is 6.13. The molecule has 3 rings (SSSR count). The molecule has 2 aliphatic rings. The van der Waals surface area contributed by atoms with Gasteiger partial charge in [-0.1, -0.05) is 23.7 Å². The lowest BCUT2D eigenvalue weighted by Gasteiger charge is -2.16. The molecule has 1 amide bonds. The first kappa shape index (κ1) is 18.1. The van der Waals surface area contributed by atoms with Crippen LogP contribution in [0.15, 0.2) is 29.3 Å². The number of rotatable bonds is 8. The molecule has 2 fully saturated rings. The van der Waals surface area contributed by atoms with Gasteiger partial charge in [0, 0.05) is 36.0 Å². The summed E-state index contributed by atoms with van der Waals surface area (Å²) in [5.74, 6) is 1.24. The fourth-order valence-corrected chi connectivity index (χ4v) is 3.13. The molecule has 0 saturated heterocycles. The summed E-state index contributed by atoms with van der Waals surface area (Å²) in [6.45, 7) is 4.91. The van der Waals surface area contributed by atoms with Gasteiger partial charge in [0.1, 0.15) is 0 Å². The Morgan fingerprint density at radius 2 is 2.00 bits per heavy atom. The summed E-state index contributed by atoms with van der Waals surface area (Å²) in [4.78, 5) is 16.4. The first-order valence-electron chi connectivity index (χ1n) is 9.19. The lowest BCUT2D eigenvalue weighted by molar-refractivity contribution is -0.122. The molecule has 136 valence electrons. The SMILES string of the molecule is CCNC(=NCC1(c2cccc(Cl)c2)CC1)NCCNC(=O)C1CC1. The third kappa shape index (κ3) is 5.11. The zero-order chi connectivity index (χ0) is 17.7. The second-order valence-corrected chi connectivity index (χ2v) is 7.41. The number of carbonyl (C=O) groups is 1. The van der Waals surface area contributed by atoms with Crippen molar-refractivity contribution in [1.82, 2.24) is 16.0 Å². The van der Waals surface area contributed by atoms with Gasteiger partial charge < -0.3 is 16.0 Å². The van der Waals surface area contributed by atoms with E-state index in [1.165, 1.54) is 5.56 Å². The molecule has 0 atom stereocenters. The predicted molar refractivity (Wildman–Crippen MR) is 102 cm³/mol. The summed E-state index contributed by atoms with van der Waals surface area (Å²) in [5.41, 5.74) is 1.41. The first-order chi connectivity index (χ1) is 12.1. The van der Waals surface area contributed by atoms with Crippen molar-refractivity contribution in [3.05, 3.63) is 34.9 Å². The average molecular weight is 363 g/mol. The van der Waals surface area contributed by atoms with E-state index < -0.39 is 0 Å². The molecular weight excluding hydrogens is 336 g/mol. The average Bonchev–Trinajstić information content (AvgIpc) is 3.49. The van der Waals surface area contributed by atoms with E-state index in [2.05, 4.69) is 35.0 Å². The molecule has 0 aliphatic heterocycles. The second kappa shape index (κ2) is 8.09. The van der Waals surface area contributed by atoms with Crippen molar-refractivity contribution < 1.29 is 4.79 Å². The van der Waals surface area contributed by atoms with Crippen molar-refractivity contribution >= 4 is 23.5 Å². The standard InChI is InChI=1S/C19H27ClN4O/c1-2-21-18(23-11-10-22-17(25)14-6-7-14)24-13-19(8-9-19)15-4-3-5-16(20)12-15/h3-5,12,14H,2,6-11,13H2,1H3,(H,22,25)(H2,21,23,24). The number of amides is 1. The van der Waals surface area contributed by atoms with Crippen LogP contribution in [0.2, 0.25) is 5.02 Å². The van der Waals surface area contributed by atoms with Crippen LogP contribution >= 0.6 is 11.6 Å². The fraction of sp³-hybridized carbons (Fsp3) is 0.579. The number of benzene rings is 1. The van der Waals surface area contributed by atoms with E-state index in [1.807, 2.05) is 12.1 Å². The molecule has 0 bridgehead atoms. The van der Waals surface area contributed by atoms with Crippen LogP contribution in [0.3, 0.4) is 0 Å². The minimum atomic E-state index is 0.132. The maximum absolute atomic E-state index is 11.6. The lowest BCUT2D eigenvalue weighted by Crippen LogP contribution is -2.42. The van der Waals surface area contributed by atoms with Gasteiger partial charge in [-0.3, -0.25) is 9.79 Å². The van der Waals surface area contributed by atoms with Crippen molar-refractivity contribution in [2.45, 2.75) is 38.0 Å². The fourth-order valence-electron chi connectivity index (χ4n) is 2.94. The van der Waals surface area contributed by atoms with Crippen LogP contribution in [-0.2, 0) is 10.2 Å². The van der Waals surface area contributed by atoms with Crippen molar-refractivity contribution in [2.24, 2.45) is 10.9 Å². The van der Waals surface area contributed by atoms with Crippen molar-refractivity contribution in [3.63, 3.8) is 0 Å². The highest BCUT2D eigenvalue weighted by atomic mass is 35.5. The number of aliphatic imine (C=N–C) groups is 1. The molecule has 0 radical (unpaired) electrons.